The summed E-state index contributed by atoms with van der Waals surface area (Å²) in [5.41, 5.74) is 0.625. The highest BCUT2D eigenvalue weighted by molar-refractivity contribution is 5.12. The summed E-state index contributed by atoms with van der Waals surface area (Å²) in [5, 5.41) is 0. The van der Waals surface area contributed by atoms with Gasteiger partial charge in [-0.05, 0) is 18.3 Å². The summed E-state index contributed by atoms with van der Waals surface area (Å²) in [6, 6.07) is 0. The molecular weight excluding hydrogens is 144 g/mol. The van der Waals surface area contributed by atoms with Crippen LogP contribution in [-0.2, 0) is 0 Å². The Bertz CT molecular complexity index is 204. The van der Waals surface area contributed by atoms with E-state index in [-0.39, 0.29) is 5.41 Å². The molecule has 0 aromatic rings. The highest BCUT2D eigenvalue weighted by Crippen LogP contribution is 2.31. The Morgan fingerprint density at radius 1 is 0.917 bits per heavy atom. The predicted octanol–water partition coefficient (Wildman–Crippen LogP) is 3.95. The van der Waals surface area contributed by atoms with Crippen molar-refractivity contribution >= 4 is 0 Å². The SMILES string of the molecule is CC1(C)C=CCCC(C)(C)C=C1. The van der Waals surface area contributed by atoms with Gasteiger partial charge in [0.1, 0.15) is 0 Å². The van der Waals surface area contributed by atoms with Gasteiger partial charge in [-0.1, -0.05) is 52.0 Å². The van der Waals surface area contributed by atoms with Crippen LogP contribution in [0.4, 0.5) is 0 Å². The number of hydrogen-bond acceptors (Lipinski definition) is 0. The molecule has 0 aromatic carbocycles. The van der Waals surface area contributed by atoms with Crippen LogP contribution in [-0.4, -0.2) is 0 Å². The van der Waals surface area contributed by atoms with Crippen molar-refractivity contribution in [1.82, 2.24) is 0 Å². The monoisotopic (exact) mass is 164 g/mol. The molecule has 0 amide bonds. The molecule has 1 aliphatic carbocycles. The summed E-state index contributed by atoms with van der Waals surface area (Å²) in [5.74, 6) is 0. The Hall–Kier alpha value is -0.520. The van der Waals surface area contributed by atoms with Crippen molar-refractivity contribution in [2.45, 2.75) is 40.5 Å². The Balaban J connectivity index is 2.81. The van der Waals surface area contributed by atoms with Crippen molar-refractivity contribution in [3.05, 3.63) is 24.3 Å². The third kappa shape index (κ3) is 2.84. The van der Waals surface area contributed by atoms with Crippen molar-refractivity contribution < 1.29 is 0 Å². The van der Waals surface area contributed by atoms with Crippen LogP contribution in [0.15, 0.2) is 24.3 Å². The molecule has 0 heteroatoms. The van der Waals surface area contributed by atoms with Crippen molar-refractivity contribution in [3.8, 4) is 0 Å². The molecule has 0 aromatic heterocycles. The van der Waals surface area contributed by atoms with Gasteiger partial charge >= 0.3 is 0 Å². The van der Waals surface area contributed by atoms with Gasteiger partial charge in [-0.15, -0.1) is 0 Å². The van der Waals surface area contributed by atoms with Crippen LogP contribution in [0.3, 0.4) is 0 Å². The smallest absolute Gasteiger partial charge is 0.000460 e. The van der Waals surface area contributed by atoms with E-state index in [1.54, 1.807) is 0 Å². The average Bonchev–Trinajstić information content (AvgIpc) is 1.94. The summed E-state index contributed by atoms with van der Waals surface area (Å²) in [6.07, 6.45) is 11.8. The van der Waals surface area contributed by atoms with E-state index in [4.69, 9.17) is 0 Å². The summed E-state index contributed by atoms with van der Waals surface area (Å²) in [7, 11) is 0. The van der Waals surface area contributed by atoms with Crippen molar-refractivity contribution in [1.29, 1.82) is 0 Å². The van der Waals surface area contributed by atoms with E-state index in [1.165, 1.54) is 12.8 Å². The van der Waals surface area contributed by atoms with Crippen molar-refractivity contribution in [3.63, 3.8) is 0 Å². The first-order valence-corrected chi connectivity index (χ1v) is 4.79. The van der Waals surface area contributed by atoms with Crippen LogP contribution < -0.4 is 0 Å². The van der Waals surface area contributed by atoms with Gasteiger partial charge in [-0.25, -0.2) is 0 Å². The summed E-state index contributed by atoms with van der Waals surface area (Å²) < 4.78 is 0. The molecule has 0 heterocycles. The van der Waals surface area contributed by atoms with Crippen LogP contribution >= 0.6 is 0 Å². The lowest BCUT2D eigenvalue weighted by molar-refractivity contribution is 0.428. The van der Waals surface area contributed by atoms with Gasteiger partial charge < -0.3 is 0 Å². The largest absolute Gasteiger partial charge is 0.0877 e. The molecule has 0 nitrogen and oxygen atoms in total. The van der Waals surface area contributed by atoms with E-state index in [9.17, 15) is 0 Å². The average molecular weight is 164 g/mol. The molecule has 0 N–H and O–H groups in total. The second-order valence-electron chi connectivity index (χ2n) is 5.08. The van der Waals surface area contributed by atoms with Crippen molar-refractivity contribution in [2.24, 2.45) is 10.8 Å². The van der Waals surface area contributed by atoms with E-state index in [0.717, 1.165) is 0 Å². The first-order chi connectivity index (χ1) is 5.41. The molecule has 0 spiro atoms. The Kier molecular flexibility index (Phi) is 2.46. The normalized spacial score (nSPS) is 26.3. The van der Waals surface area contributed by atoms with Crippen LogP contribution in [0.2, 0.25) is 0 Å². The summed E-state index contributed by atoms with van der Waals surface area (Å²) >= 11 is 0. The topological polar surface area (TPSA) is 0 Å². The van der Waals surface area contributed by atoms with Gasteiger partial charge in [0, 0.05) is 5.41 Å². The third-order valence-corrected chi connectivity index (χ3v) is 2.47. The predicted molar refractivity (Wildman–Crippen MR) is 55.1 cm³/mol. The fourth-order valence-electron chi connectivity index (χ4n) is 1.42. The quantitative estimate of drug-likeness (QED) is 0.476. The molecule has 0 fully saturated rings. The van der Waals surface area contributed by atoms with E-state index in [0.29, 0.717) is 5.41 Å². The lowest BCUT2D eigenvalue weighted by atomic mass is 9.80. The minimum absolute atomic E-state index is 0.248. The van der Waals surface area contributed by atoms with Gasteiger partial charge in [0.05, 0.1) is 0 Å². The molecule has 68 valence electrons. The van der Waals surface area contributed by atoms with E-state index in [1.807, 2.05) is 0 Å². The fraction of sp³-hybridized carbons (Fsp3) is 0.667. The zero-order chi connectivity index (χ0) is 9.24. The first kappa shape index (κ1) is 9.57. The number of hydrogen-bond donors (Lipinski definition) is 0. The molecule has 0 saturated carbocycles. The van der Waals surface area contributed by atoms with Gasteiger partial charge in [-0.2, -0.15) is 0 Å². The fourth-order valence-corrected chi connectivity index (χ4v) is 1.42. The molecule has 0 unspecified atom stereocenters. The molecule has 0 atom stereocenters. The summed E-state index contributed by atoms with van der Waals surface area (Å²) in [4.78, 5) is 0. The maximum Gasteiger partial charge on any atom is 0.000460 e. The standard InChI is InChI=1S/C12H20/c1-11(2)7-5-6-8-12(3,4)10-9-11/h5,7,9-10H,6,8H2,1-4H3. The lowest BCUT2D eigenvalue weighted by Gasteiger charge is -2.25. The number of allylic oxidation sites excluding steroid dienone is 4. The van der Waals surface area contributed by atoms with E-state index < -0.39 is 0 Å². The molecule has 1 aliphatic rings. The molecular formula is C12H20. The Morgan fingerprint density at radius 2 is 1.58 bits per heavy atom. The lowest BCUT2D eigenvalue weighted by Crippen LogP contribution is -2.12. The van der Waals surface area contributed by atoms with Gasteiger partial charge in [0.25, 0.3) is 0 Å². The maximum atomic E-state index is 2.36. The molecule has 0 aliphatic heterocycles. The zero-order valence-electron chi connectivity index (χ0n) is 8.72. The first-order valence-electron chi connectivity index (χ1n) is 4.79. The van der Waals surface area contributed by atoms with E-state index >= 15 is 0 Å². The summed E-state index contributed by atoms with van der Waals surface area (Å²) in [6.45, 7) is 9.11. The maximum absolute atomic E-state index is 2.36. The van der Waals surface area contributed by atoms with Crippen LogP contribution in [0.25, 0.3) is 0 Å². The minimum Gasteiger partial charge on any atom is -0.0877 e. The second kappa shape index (κ2) is 3.08. The highest BCUT2D eigenvalue weighted by Gasteiger charge is 2.17. The highest BCUT2D eigenvalue weighted by atomic mass is 14.2. The van der Waals surface area contributed by atoms with Crippen LogP contribution in [0.1, 0.15) is 40.5 Å². The van der Waals surface area contributed by atoms with E-state index in [2.05, 4.69) is 52.0 Å². The minimum atomic E-state index is 0.248. The van der Waals surface area contributed by atoms with Crippen LogP contribution in [0, 0.1) is 10.8 Å². The van der Waals surface area contributed by atoms with Crippen molar-refractivity contribution in [2.75, 3.05) is 0 Å². The van der Waals surface area contributed by atoms with Gasteiger partial charge in [0.2, 0.25) is 0 Å². The third-order valence-electron chi connectivity index (χ3n) is 2.47. The molecule has 0 bridgehead atoms. The zero-order valence-corrected chi connectivity index (χ0v) is 8.72. The van der Waals surface area contributed by atoms with Gasteiger partial charge in [-0.3, -0.25) is 0 Å². The molecule has 12 heavy (non-hydrogen) atoms. The van der Waals surface area contributed by atoms with Crippen LogP contribution in [0.5, 0.6) is 0 Å². The van der Waals surface area contributed by atoms with Gasteiger partial charge in [0.15, 0.2) is 0 Å². The second-order valence-corrected chi connectivity index (χ2v) is 5.08. The number of rotatable bonds is 0. The molecule has 1 rings (SSSR count). The Labute approximate surface area is 76.4 Å². The molecule has 0 radical (unpaired) electrons. The Morgan fingerprint density at radius 3 is 2.25 bits per heavy atom. The molecule has 0 saturated heterocycles.